The van der Waals surface area contributed by atoms with Gasteiger partial charge in [-0.1, -0.05) is 24.1 Å². The minimum atomic E-state index is 0.777. The average molecular weight is 294 g/mol. The molecular formula is C17H16N3S. The number of nitrogens with one attached hydrogen (secondary N) is 1. The van der Waals surface area contributed by atoms with E-state index in [1.54, 1.807) is 0 Å². The van der Waals surface area contributed by atoms with Crippen molar-refractivity contribution in [1.29, 1.82) is 0 Å². The van der Waals surface area contributed by atoms with Gasteiger partial charge in [0.1, 0.15) is 5.82 Å². The van der Waals surface area contributed by atoms with Gasteiger partial charge < -0.3 is 10.2 Å². The largest absolute Gasteiger partial charge is 0.355 e. The first-order valence-corrected chi connectivity index (χ1v) is 8.11. The van der Waals surface area contributed by atoms with Crippen LogP contribution in [0.15, 0.2) is 30.3 Å². The van der Waals surface area contributed by atoms with Crippen molar-refractivity contribution in [2.24, 2.45) is 11.8 Å². The predicted molar refractivity (Wildman–Crippen MR) is 85.4 cm³/mol. The molecule has 2 aromatic rings. The van der Waals surface area contributed by atoms with Gasteiger partial charge in [-0.3, -0.25) is 0 Å². The molecule has 0 bridgehead atoms. The summed E-state index contributed by atoms with van der Waals surface area (Å²) in [5.41, 5.74) is 1.02. The first-order chi connectivity index (χ1) is 10.4. The molecule has 0 amide bonds. The fraction of sp³-hybridized carbons (Fsp3) is 0.353. The molecule has 3 heterocycles. The van der Waals surface area contributed by atoms with Crippen molar-refractivity contribution in [1.82, 2.24) is 10.3 Å². The molecule has 2 aliphatic heterocycles. The Kier molecular flexibility index (Phi) is 3.38. The third-order valence-corrected chi connectivity index (χ3v) is 4.89. The summed E-state index contributed by atoms with van der Waals surface area (Å²) in [6.45, 7) is 4.49. The van der Waals surface area contributed by atoms with Crippen molar-refractivity contribution in [3.8, 4) is 11.8 Å². The van der Waals surface area contributed by atoms with Gasteiger partial charge in [-0.15, -0.1) is 11.3 Å². The standard InChI is InChI=1S/C17H16N3S/c1-2-4-13(5-3-1)6-7-17-19-16(12-21-17)20-10-14-8-18-9-15(14)11-20/h1-5,14-15,18H,8-11H2. The Bertz CT molecular complexity index is 671. The van der Waals surface area contributed by atoms with Crippen LogP contribution in [-0.4, -0.2) is 31.2 Å². The second-order valence-corrected chi connectivity index (χ2v) is 6.44. The summed E-state index contributed by atoms with van der Waals surface area (Å²) in [5.74, 6) is 8.83. The van der Waals surface area contributed by atoms with Crippen molar-refractivity contribution in [2.45, 2.75) is 0 Å². The monoisotopic (exact) mass is 294 g/mol. The van der Waals surface area contributed by atoms with Crippen LogP contribution in [-0.2, 0) is 0 Å². The topological polar surface area (TPSA) is 28.2 Å². The van der Waals surface area contributed by atoms with Gasteiger partial charge in [0.2, 0.25) is 0 Å². The second-order valence-electron chi connectivity index (χ2n) is 5.64. The van der Waals surface area contributed by atoms with Crippen molar-refractivity contribution >= 4 is 17.2 Å². The number of anilines is 1. The molecule has 2 unspecified atom stereocenters. The Labute approximate surface area is 129 Å². The molecular weight excluding hydrogens is 278 g/mol. The van der Waals surface area contributed by atoms with Crippen LogP contribution < -0.4 is 10.2 Å². The van der Waals surface area contributed by atoms with Gasteiger partial charge in [0, 0.05) is 31.7 Å². The minimum absolute atomic E-state index is 0.777. The van der Waals surface area contributed by atoms with E-state index in [1.807, 2.05) is 30.3 Å². The maximum atomic E-state index is 4.63. The van der Waals surface area contributed by atoms with Gasteiger partial charge in [0.15, 0.2) is 5.01 Å². The summed E-state index contributed by atoms with van der Waals surface area (Å²) in [5, 5.41) is 7.62. The summed E-state index contributed by atoms with van der Waals surface area (Å²) in [6.07, 6.45) is 0. The van der Waals surface area contributed by atoms with Gasteiger partial charge in [-0.2, -0.15) is 0 Å². The number of rotatable bonds is 1. The summed E-state index contributed by atoms with van der Waals surface area (Å²) < 4.78 is 0. The van der Waals surface area contributed by atoms with Crippen LogP contribution >= 0.6 is 11.3 Å². The number of hydrogen-bond donors (Lipinski definition) is 1. The molecule has 2 aliphatic rings. The Hall–Kier alpha value is -1.83. The number of aromatic nitrogens is 1. The van der Waals surface area contributed by atoms with Gasteiger partial charge >= 0.3 is 0 Å². The van der Waals surface area contributed by atoms with E-state index in [9.17, 15) is 0 Å². The molecule has 2 atom stereocenters. The second kappa shape index (κ2) is 5.51. The third kappa shape index (κ3) is 2.67. The first-order valence-electron chi connectivity index (χ1n) is 7.30. The van der Waals surface area contributed by atoms with Crippen molar-refractivity contribution < 1.29 is 0 Å². The van der Waals surface area contributed by atoms with Gasteiger partial charge in [0.05, 0.1) is 5.38 Å². The third-order valence-electron chi connectivity index (χ3n) is 4.22. The van der Waals surface area contributed by atoms with E-state index in [4.69, 9.17) is 0 Å². The van der Waals surface area contributed by atoms with E-state index in [0.29, 0.717) is 0 Å². The van der Waals surface area contributed by atoms with E-state index in [1.165, 1.54) is 11.3 Å². The number of hydrogen-bond acceptors (Lipinski definition) is 4. The SMILES string of the molecule is C(#Cc1nc(N2CC3CNCC3C2)[c]s1)c1ccccc1. The van der Waals surface area contributed by atoms with Gasteiger partial charge in [-0.05, 0) is 29.9 Å². The highest BCUT2D eigenvalue weighted by Crippen LogP contribution is 2.30. The molecule has 4 rings (SSSR count). The lowest BCUT2D eigenvalue weighted by Crippen LogP contribution is -2.25. The number of fused-ring (bicyclic) bond motifs is 1. The first kappa shape index (κ1) is 12.9. The summed E-state index contributed by atoms with van der Waals surface area (Å²) in [4.78, 5) is 6.99. The molecule has 105 valence electrons. The Balaban J connectivity index is 1.48. The molecule has 0 saturated carbocycles. The van der Waals surface area contributed by atoms with Gasteiger partial charge in [-0.25, -0.2) is 4.98 Å². The average Bonchev–Trinajstić information content (AvgIpc) is 3.21. The van der Waals surface area contributed by atoms with Crippen LogP contribution in [0, 0.1) is 29.1 Å². The Morgan fingerprint density at radius 3 is 2.67 bits per heavy atom. The van der Waals surface area contributed by atoms with E-state index in [0.717, 1.165) is 54.4 Å². The lowest BCUT2D eigenvalue weighted by molar-refractivity contribution is 0.533. The van der Waals surface area contributed by atoms with Crippen molar-refractivity contribution in [3.05, 3.63) is 46.3 Å². The molecule has 0 spiro atoms. The number of nitrogens with zero attached hydrogens (tertiary/aromatic N) is 2. The van der Waals surface area contributed by atoms with E-state index >= 15 is 0 Å². The van der Waals surface area contributed by atoms with E-state index in [2.05, 4.69) is 32.4 Å². The highest BCUT2D eigenvalue weighted by molar-refractivity contribution is 7.10. The highest BCUT2D eigenvalue weighted by Gasteiger charge is 2.36. The normalized spacial score (nSPS) is 23.7. The van der Waals surface area contributed by atoms with Crippen LogP contribution in [0.1, 0.15) is 10.6 Å². The minimum Gasteiger partial charge on any atom is -0.355 e. The van der Waals surface area contributed by atoms with Crippen molar-refractivity contribution in [3.63, 3.8) is 0 Å². The Morgan fingerprint density at radius 1 is 1.14 bits per heavy atom. The molecule has 1 radical (unpaired) electrons. The molecule has 3 nitrogen and oxygen atoms in total. The van der Waals surface area contributed by atoms with E-state index in [-0.39, 0.29) is 0 Å². The Morgan fingerprint density at radius 2 is 1.90 bits per heavy atom. The lowest BCUT2D eigenvalue weighted by atomic mass is 10.0. The highest BCUT2D eigenvalue weighted by atomic mass is 32.1. The zero-order valence-electron chi connectivity index (χ0n) is 11.7. The van der Waals surface area contributed by atoms with Crippen LogP contribution in [0.4, 0.5) is 5.82 Å². The van der Waals surface area contributed by atoms with Gasteiger partial charge in [0.25, 0.3) is 0 Å². The number of thiazole rings is 1. The zero-order chi connectivity index (χ0) is 14.1. The maximum Gasteiger partial charge on any atom is 0.170 e. The molecule has 0 aliphatic carbocycles. The molecule has 21 heavy (non-hydrogen) atoms. The van der Waals surface area contributed by atoms with Crippen LogP contribution in [0.5, 0.6) is 0 Å². The van der Waals surface area contributed by atoms with E-state index < -0.39 is 0 Å². The fourth-order valence-electron chi connectivity index (χ4n) is 3.10. The molecule has 1 N–H and O–H groups in total. The van der Waals surface area contributed by atoms with Crippen LogP contribution in [0.2, 0.25) is 0 Å². The van der Waals surface area contributed by atoms with Crippen molar-refractivity contribution in [2.75, 3.05) is 31.1 Å². The lowest BCUT2D eigenvalue weighted by Gasteiger charge is -2.15. The fourth-order valence-corrected chi connectivity index (χ4v) is 3.70. The summed E-state index contributed by atoms with van der Waals surface area (Å²) in [6, 6.07) is 10.0. The summed E-state index contributed by atoms with van der Waals surface area (Å²) >= 11 is 1.52. The molecule has 2 saturated heterocycles. The van der Waals surface area contributed by atoms with Crippen LogP contribution in [0.25, 0.3) is 0 Å². The predicted octanol–water partition coefficient (Wildman–Crippen LogP) is 2.00. The van der Waals surface area contributed by atoms with Crippen LogP contribution in [0.3, 0.4) is 0 Å². The smallest absolute Gasteiger partial charge is 0.170 e. The molecule has 1 aromatic heterocycles. The quantitative estimate of drug-likeness (QED) is 0.816. The maximum absolute atomic E-state index is 4.63. The molecule has 4 heteroatoms. The summed E-state index contributed by atoms with van der Waals surface area (Å²) in [7, 11) is 0. The number of benzene rings is 1. The molecule has 1 aromatic carbocycles. The molecule has 2 fully saturated rings. The zero-order valence-corrected chi connectivity index (χ0v) is 12.5.